The average molecular weight is 435 g/mol. The third-order valence-electron chi connectivity index (χ3n) is 4.64. The van der Waals surface area contributed by atoms with E-state index in [1.807, 2.05) is 0 Å². The van der Waals surface area contributed by atoms with Crippen LogP contribution in [-0.2, 0) is 22.7 Å². The maximum absolute atomic E-state index is 13.2. The summed E-state index contributed by atoms with van der Waals surface area (Å²) in [7, 11) is -3.93. The van der Waals surface area contributed by atoms with Gasteiger partial charge in [-0.3, -0.25) is 0 Å². The number of benzene rings is 2. The number of hydrogen-bond donors (Lipinski definition) is 0. The predicted molar refractivity (Wildman–Crippen MR) is 102 cm³/mol. The Morgan fingerprint density at radius 1 is 1.00 bits per heavy atom. The minimum absolute atomic E-state index is 0.0174. The highest BCUT2D eigenvalue weighted by Gasteiger charge is 2.32. The number of halogens is 3. The van der Waals surface area contributed by atoms with Crippen molar-refractivity contribution >= 4 is 10.0 Å². The molecule has 0 unspecified atom stereocenters. The average Bonchev–Trinajstić information content (AvgIpc) is 2.84. The Balaban J connectivity index is 1.70. The van der Waals surface area contributed by atoms with Crippen molar-refractivity contribution in [3.8, 4) is 16.9 Å². The van der Waals surface area contributed by atoms with Crippen molar-refractivity contribution in [3.05, 3.63) is 72.3 Å². The Labute approximate surface area is 171 Å². The predicted octanol–water partition coefficient (Wildman–Crippen LogP) is 3.75. The van der Waals surface area contributed by atoms with E-state index in [1.54, 1.807) is 12.1 Å². The standard InChI is InChI=1S/C20H16F3N3O3S/c21-20(22,23)16-5-2-14(3-6-16)15-4-7-17-18(12-15)30(27,28)26(10-11-29-17)13-19-24-8-1-9-25-19/h1-9,12H,10-11,13H2. The SMILES string of the molecule is O=S1(=O)c2cc(-c3ccc(C(F)(F)F)cc3)ccc2OCCN1Cc1ncccn1. The van der Waals surface area contributed by atoms with E-state index in [-0.39, 0.29) is 30.3 Å². The van der Waals surface area contributed by atoms with E-state index in [0.29, 0.717) is 17.0 Å². The van der Waals surface area contributed by atoms with Crippen LogP contribution in [0.5, 0.6) is 5.75 Å². The van der Waals surface area contributed by atoms with Crippen LogP contribution in [0.1, 0.15) is 11.4 Å². The van der Waals surface area contributed by atoms with Gasteiger partial charge in [0.15, 0.2) is 0 Å². The quantitative estimate of drug-likeness (QED) is 0.627. The molecule has 3 aromatic rings. The van der Waals surface area contributed by atoms with Gasteiger partial charge in [0.2, 0.25) is 10.0 Å². The molecule has 0 bridgehead atoms. The number of ether oxygens (including phenoxy) is 1. The van der Waals surface area contributed by atoms with E-state index in [0.717, 1.165) is 12.1 Å². The van der Waals surface area contributed by atoms with Crippen molar-refractivity contribution in [3.63, 3.8) is 0 Å². The second-order valence-electron chi connectivity index (χ2n) is 6.59. The van der Waals surface area contributed by atoms with Crippen LogP contribution in [0.15, 0.2) is 65.8 Å². The maximum Gasteiger partial charge on any atom is 0.416 e. The topological polar surface area (TPSA) is 72.4 Å². The molecule has 0 radical (unpaired) electrons. The number of nitrogens with zero attached hydrogens (tertiary/aromatic N) is 3. The molecule has 0 spiro atoms. The first-order chi connectivity index (χ1) is 14.2. The van der Waals surface area contributed by atoms with Crippen LogP contribution < -0.4 is 4.74 Å². The molecule has 2 heterocycles. The lowest BCUT2D eigenvalue weighted by Crippen LogP contribution is -2.32. The molecule has 0 N–H and O–H groups in total. The summed E-state index contributed by atoms with van der Waals surface area (Å²) >= 11 is 0. The van der Waals surface area contributed by atoms with Crippen molar-refractivity contribution in [2.24, 2.45) is 0 Å². The van der Waals surface area contributed by atoms with Crippen LogP contribution in [0.3, 0.4) is 0 Å². The molecule has 1 aliphatic heterocycles. The molecule has 4 rings (SSSR count). The Bertz CT molecular complexity index is 1150. The lowest BCUT2D eigenvalue weighted by atomic mass is 10.0. The van der Waals surface area contributed by atoms with Crippen molar-refractivity contribution < 1.29 is 26.3 Å². The van der Waals surface area contributed by atoms with Crippen LogP contribution in [0, 0.1) is 0 Å². The molecule has 6 nitrogen and oxygen atoms in total. The van der Waals surface area contributed by atoms with Crippen LogP contribution in [0.4, 0.5) is 13.2 Å². The van der Waals surface area contributed by atoms with Gasteiger partial charge < -0.3 is 4.74 Å². The Hall–Kier alpha value is -2.98. The van der Waals surface area contributed by atoms with Gasteiger partial charge in [-0.05, 0) is 41.5 Å². The maximum atomic E-state index is 13.2. The second-order valence-corrected chi connectivity index (χ2v) is 8.50. The Morgan fingerprint density at radius 2 is 1.67 bits per heavy atom. The van der Waals surface area contributed by atoms with Crippen LogP contribution >= 0.6 is 0 Å². The zero-order valence-electron chi connectivity index (χ0n) is 15.5. The van der Waals surface area contributed by atoms with Crippen molar-refractivity contribution in [2.75, 3.05) is 13.2 Å². The minimum Gasteiger partial charge on any atom is -0.491 e. The molecule has 30 heavy (non-hydrogen) atoms. The fourth-order valence-corrected chi connectivity index (χ4v) is 4.65. The number of hydrogen-bond acceptors (Lipinski definition) is 5. The van der Waals surface area contributed by atoms with Crippen molar-refractivity contribution in [2.45, 2.75) is 17.6 Å². The Kier molecular flexibility index (Phi) is 5.20. The molecule has 2 aromatic carbocycles. The summed E-state index contributed by atoms with van der Waals surface area (Å²) in [5.41, 5.74) is 0.154. The lowest BCUT2D eigenvalue weighted by Gasteiger charge is -2.18. The van der Waals surface area contributed by atoms with Gasteiger partial charge in [0, 0.05) is 18.9 Å². The molecule has 10 heteroatoms. The largest absolute Gasteiger partial charge is 0.491 e. The highest BCUT2D eigenvalue weighted by atomic mass is 32.2. The van der Waals surface area contributed by atoms with Crippen LogP contribution in [0.2, 0.25) is 0 Å². The minimum atomic E-state index is -4.44. The third-order valence-corrected chi connectivity index (χ3v) is 6.51. The second kappa shape index (κ2) is 7.69. The van der Waals surface area contributed by atoms with Crippen LogP contribution in [-0.4, -0.2) is 35.8 Å². The van der Waals surface area contributed by atoms with Crippen molar-refractivity contribution in [1.82, 2.24) is 14.3 Å². The molecule has 0 saturated heterocycles. The monoisotopic (exact) mass is 435 g/mol. The van der Waals surface area contributed by atoms with Gasteiger partial charge in [-0.25, -0.2) is 18.4 Å². The van der Waals surface area contributed by atoms with Gasteiger partial charge in [0.25, 0.3) is 0 Å². The van der Waals surface area contributed by atoms with E-state index in [1.165, 1.54) is 41.0 Å². The molecule has 1 aliphatic rings. The summed E-state index contributed by atoms with van der Waals surface area (Å²) in [6.07, 6.45) is -1.39. The zero-order chi connectivity index (χ0) is 21.4. The highest BCUT2D eigenvalue weighted by Crippen LogP contribution is 2.35. The van der Waals surface area contributed by atoms with Gasteiger partial charge >= 0.3 is 6.18 Å². The van der Waals surface area contributed by atoms with Gasteiger partial charge in [-0.1, -0.05) is 18.2 Å². The fourth-order valence-electron chi connectivity index (χ4n) is 3.11. The third kappa shape index (κ3) is 4.01. The number of fused-ring (bicyclic) bond motifs is 1. The summed E-state index contributed by atoms with van der Waals surface area (Å²) < 4.78 is 71.7. The summed E-state index contributed by atoms with van der Waals surface area (Å²) in [5.74, 6) is 0.547. The van der Waals surface area contributed by atoms with E-state index in [9.17, 15) is 21.6 Å². The molecular formula is C20H16F3N3O3S. The van der Waals surface area contributed by atoms with Gasteiger partial charge in [-0.15, -0.1) is 0 Å². The zero-order valence-corrected chi connectivity index (χ0v) is 16.3. The molecule has 0 saturated carbocycles. The molecule has 156 valence electrons. The van der Waals surface area contributed by atoms with Crippen molar-refractivity contribution in [1.29, 1.82) is 0 Å². The van der Waals surface area contributed by atoms with Crippen LogP contribution in [0.25, 0.3) is 11.1 Å². The van der Waals surface area contributed by atoms with E-state index < -0.39 is 21.8 Å². The first-order valence-electron chi connectivity index (χ1n) is 8.96. The van der Waals surface area contributed by atoms with E-state index in [4.69, 9.17) is 4.74 Å². The first-order valence-corrected chi connectivity index (χ1v) is 10.4. The normalized spacial score (nSPS) is 16.4. The molecule has 0 fully saturated rings. The van der Waals surface area contributed by atoms with Gasteiger partial charge in [0.1, 0.15) is 23.1 Å². The van der Waals surface area contributed by atoms with E-state index >= 15 is 0 Å². The Morgan fingerprint density at radius 3 is 2.33 bits per heavy atom. The van der Waals surface area contributed by atoms with Gasteiger partial charge in [0.05, 0.1) is 12.1 Å². The molecular weight excluding hydrogens is 419 g/mol. The summed E-state index contributed by atoms with van der Waals surface area (Å²) in [6, 6.07) is 10.7. The van der Waals surface area contributed by atoms with Gasteiger partial charge in [-0.2, -0.15) is 17.5 Å². The van der Waals surface area contributed by atoms with E-state index in [2.05, 4.69) is 9.97 Å². The highest BCUT2D eigenvalue weighted by molar-refractivity contribution is 7.89. The lowest BCUT2D eigenvalue weighted by molar-refractivity contribution is -0.137. The number of alkyl halides is 3. The molecule has 0 amide bonds. The number of rotatable bonds is 3. The molecule has 1 aromatic heterocycles. The number of aromatic nitrogens is 2. The number of sulfonamides is 1. The summed E-state index contributed by atoms with van der Waals surface area (Å²) in [4.78, 5) is 8.09. The summed E-state index contributed by atoms with van der Waals surface area (Å²) in [6.45, 7) is 0.250. The molecule has 0 aliphatic carbocycles. The summed E-state index contributed by atoms with van der Waals surface area (Å²) in [5, 5.41) is 0. The first kappa shape index (κ1) is 20.3. The smallest absolute Gasteiger partial charge is 0.416 e. The molecule has 0 atom stereocenters. The fraction of sp³-hybridized carbons (Fsp3) is 0.200.